The molecule has 0 radical (unpaired) electrons. The highest BCUT2D eigenvalue weighted by Crippen LogP contribution is 2.43. The number of ether oxygens (including phenoxy) is 6. The number of benzene rings is 3. The fraction of sp³-hybridized carbons (Fsp3) is 0.303. The number of carbonyl (C=O) groups is 1. The average Bonchev–Trinajstić information content (AvgIpc) is 3.40. The number of methoxy groups -OCH3 is 3. The van der Waals surface area contributed by atoms with Crippen LogP contribution in [-0.4, -0.2) is 61.8 Å². The maximum Gasteiger partial charge on any atom is 0.330 e. The highest BCUT2D eigenvalue weighted by atomic mass is 127. The summed E-state index contributed by atoms with van der Waals surface area (Å²) in [7, 11) is 4.64. The van der Waals surface area contributed by atoms with Crippen molar-refractivity contribution in [2.45, 2.75) is 37.1 Å². The van der Waals surface area contributed by atoms with Gasteiger partial charge in [-0.2, -0.15) is 0 Å². The van der Waals surface area contributed by atoms with Gasteiger partial charge in [0.2, 0.25) is 0 Å². The molecule has 0 saturated carbocycles. The van der Waals surface area contributed by atoms with Gasteiger partial charge in [-0.25, -0.2) is 4.79 Å². The standard InChI is InChI=1S/C33H33IN2O9/c1-20(37)44-28-27(45-31(29(28)42-4)36-18-26(34)30(38)35-32(36)39)19-43-33(21-8-6-5-7-9-21,22-10-14-24(40-2)15-11-22)23-12-16-25(41-3)17-13-23/h5-18,27-29,31H,19H2,1-4H3,(H,35,38,39)/t27-,28-,29-,31-/m1/s1. The van der Waals surface area contributed by atoms with Gasteiger partial charge in [-0.1, -0.05) is 54.6 Å². The van der Waals surface area contributed by atoms with E-state index in [2.05, 4.69) is 4.98 Å². The van der Waals surface area contributed by atoms with E-state index in [1.807, 2.05) is 101 Å². The largest absolute Gasteiger partial charge is 0.497 e. The molecule has 3 aromatic carbocycles. The fourth-order valence-corrected chi connectivity index (χ4v) is 6.02. The second-order valence-corrected chi connectivity index (χ2v) is 11.5. The average molecular weight is 729 g/mol. The lowest BCUT2D eigenvalue weighted by molar-refractivity contribution is -0.157. The molecule has 1 N–H and O–H groups in total. The number of hydrogen-bond acceptors (Lipinski definition) is 9. The Morgan fingerprint density at radius 3 is 1.93 bits per heavy atom. The minimum Gasteiger partial charge on any atom is -0.497 e. The molecule has 1 aliphatic rings. The Bertz CT molecular complexity index is 1680. The van der Waals surface area contributed by atoms with E-state index in [-0.39, 0.29) is 10.2 Å². The highest BCUT2D eigenvalue weighted by molar-refractivity contribution is 14.1. The molecule has 1 aliphatic heterocycles. The summed E-state index contributed by atoms with van der Waals surface area (Å²) in [5.41, 5.74) is 0.0431. The van der Waals surface area contributed by atoms with Crippen LogP contribution in [0.1, 0.15) is 29.8 Å². The minimum absolute atomic E-state index is 0.0868. The van der Waals surface area contributed by atoms with E-state index in [9.17, 15) is 14.4 Å². The lowest BCUT2D eigenvalue weighted by atomic mass is 9.80. The monoisotopic (exact) mass is 728 g/mol. The van der Waals surface area contributed by atoms with Crippen LogP contribution in [0.5, 0.6) is 11.5 Å². The lowest BCUT2D eigenvalue weighted by Gasteiger charge is -2.37. The number of esters is 1. The third-order valence-corrected chi connectivity index (χ3v) is 8.46. The molecule has 45 heavy (non-hydrogen) atoms. The van der Waals surface area contributed by atoms with Crippen molar-refractivity contribution in [1.29, 1.82) is 0 Å². The smallest absolute Gasteiger partial charge is 0.330 e. The van der Waals surface area contributed by atoms with Crippen molar-refractivity contribution < 1.29 is 33.2 Å². The van der Waals surface area contributed by atoms with Gasteiger partial charge in [0.1, 0.15) is 29.3 Å². The van der Waals surface area contributed by atoms with Crippen molar-refractivity contribution in [1.82, 2.24) is 9.55 Å². The summed E-state index contributed by atoms with van der Waals surface area (Å²) in [6, 6.07) is 24.8. The van der Waals surface area contributed by atoms with Gasteiger partial charge >= 0.3 is 11.7 Å². The maximum atomic E-state index is 12.9. The zero-order chi connectivity index (χ0) is 32.1. The van der Waals surface area contributed by atoms with Crippen molar-refractivity contribution in [3.8, 4) is 11.5 Å². The number of aromatic amines is 1. The molecule has 1 saturated heterocycles. The SMILES string of the molecule is COc1ccc(C(OC[C@H]2O[C@@H](n3cc(I)c(=O)[nH]c3=O)[C@H](OC)[C@@H]2OC(C)=O)(c2ccccc2)c2ccc(OC)cc2)cc1. The van der Waals surface area contributed by atoms with Gasteiger partial charge in [0.25, 0.3) is 5.56 Å². The van der Waals surface area contributed by atoms with Gasteiger partial charge in [-0.3, -0.25) is 19.1 Å². The van der Waals surface area contributed by atoms with Crippen molar-refractivity contribution in [2.75, 3.05) is 27.9 Å². The van der Waals surface area contributed by atoms with Crippen LogP contribution in [0.15, 0.2) is 94.6 Å². The first-order valence-corrected chi connectivity index (χ1v) is 15.1. The molecule has 4 aromatic rings. The number of nitrogens with zero attached hydrogens (tertiary/aromatic N) is 1. The van der Waals surface area contributed by atoms with Crippen molar-refractivity contribution >= 4 is 28.6 Å². The molecule has 5 rings (SSSR count). The Hall–Kier alpha value is -3.98. The third-order valence-electron chi connectivity index (χ3n) is 7.70. The van der Waals surface area contributed by atoms with E-state index in [1.54, 1.807) is 14.2 Å². The van der Waals surface area contributed by atoms with E-state index in [4.69, 9.17) is 28.4 Å². The van der Waals surface area contributed by atoms with Crippen molar-refractivity contribution in [2.24, 2.45) is 0 Å². The molecule has 0 bridgehead atoms. The Morgan fingerprint density at radius 1 is 0.867 bits per heavy atom. The normalized spacial score (nSPS) is 19.7. The molecular weight excluding hydrogens is 695 g/mol. The molecule has 1 fully saturated rings. The molecule has 0 aliphatic carbocycles. The summed E-state index contributed by atoms with van der Waals surface area (Å²) in [5.74, 6) is 0.798. The zero-order valence-electron chi connectivity index (χ0n) is 25.1. The van der Waals surface area contributed by atoms with Crippen LogP contribution >= 0.6 is 22.6 Å². The van der Waals surface area contributed by atoms with E-state index >= 15 is 0 Å². The summed E-state index contributed by atoms with van der Waals surface area (Å²) in [5, 5.41) is 0. The van der Waals surface area contributed by atoms with E-state index in [0.717, 1.165) is 16.7 Å². The number of halogens is 1. The van der Waals surface area contributed by atoms with Crippen LogP contribution in [0.25, 0.3) is 0 Å². The van der Waals surface area contributed by atoms with Crippen LogP contribution in [0.3, 0.4) is 0 Å². The van der Waals surface area contributed by atoms with Gasteiger partial charge in [0, 0.05) is 20.2 Å². The van der Waals surface area contributed by atoms with Crippen LogP contribution in [0.2, 0.25) is 0 Å². The van der Waals surface area contributed by atoms with Gasteiger partial charge in [0.15, 0.2) is 12.3 Å². The summed E-state index contributed by atoms with van der Waals surface area (Å²) in [4.78, 5) is 39.5. The van der Waals surface area contributed by atoms with Crippen molar-refractivity contribution in [3.05, 3.63) is 126 Å². The number of rotatable bonds is 11. The van der Waals surface area contributed by atoms with Gasteiger partial charge in [-0.15, -0.1) is 0 Å². The Labute approximate surface area is 273 Å². The summed E-state index contributed by atoms with van der Waals surface area (Å²) in [6.07, 6.45) is -2.36. The molecule has 0 amide bonds. The molecule has 236 valence electrons. The third kappa shape index (κ3) is 6.54. The van der Waals surface area contributed by atoms with E-state index in [1.165, 1.54) is 24.8 Å². The van der Waals surface area contributed by atoms with Crippen LogP contribution in [-0.2, 0) is 29.3 Å². The Balaban J connectivity index is 1.62. The molecule has 0 spiro atoms. The molecule has 0 unspecified atom stereocenters. The molecule has 1 aromatic heterocycles. The predicted molar refractivity (Wildman–Crippen MR) is 173 cm³/mol. The van der Waals surface area contributed by atoms with Crippen LogP contribution in [0, 0.1) is 3.57 Å². The molecule has 12 heteroatoms. The first-order chi connectivity index (χ1) is 21.7. The molecule has 11 nitrogen and oxygen atoms in total. The van der Waals surface area contributed by atoms with E-state index in [0.29, 0.717) is 11.5 Å². The second-order valence-electron chi connectivity index (χ2n) is 10.3. The lowest BCUT2D eigenvalue weighted by Crippen LogP contribution is -2.42. The van der Waals surface area contributed by atoms with Crippen molar-refractivity contribution in [3.63, 3.8) is 0 Å². The Morgan fingerprint density at radius 2 is 1.42 bits per heavy atom. The quantitative estimate of drug-likeness (QED) is 0.139. The molecule has 4 atom stereocenters. The predicted octanol–water partition coefficient (Wildman–Crippen LogP) is 4.01. The number of nitrogens with one attached hydrogen (secondary N) is 1. The first kappa shape index (κ1) is 32.4. The summed E-state index contributed by atoms with van der Waals surface area (Å²) >= 11 is 1.83. The topological polar surface area (TPSA) is 127 Å². The van der Waals surface area contributed by atoms with Crippen LogP contribution < -0.4 is 20.7 Å². The van der Waals surface area contributed by atoms with Gasteiger partial charge in [-0.05, 0) is 63.5 Å². The number of H-pyrrole nitrogens is 1. The number of hydrogen-bond donors (Lipinski definition) is 1. The summed E-state index contributed by atoms with van der Waals surface area (Å²) in [6.45, 7) is 1.20. The van der Waals surface area contributed by atoms with Gasteiger partial charge in [0.05, 0.1) is 24.4 Å². The van der Waals surface area contributed by atoms with Gasteiger partial charge < -0.3 is 28.4 Å². The molecular formula is C33H33IN2O9. The number of aromatic nitrogens is 2. The minimum atomic E-state index is -1.17. The van der Waals surface area contributed by atoms with Crippen LogP contribution in [0.4, 0.5) is 0 Å². The van der Waals surface area contributed by atoms with E-state index < -0.39 is 47.4 Å². The zero-order valence-corrected chi connectivity index (χ0v) is 27.3. The number of carbonyl (C=O) groups excluding carboxylic acids is 1. The Kier molecular flexibility index (Phi) is 10.1. The summed E-state index contributed by atoms with van der Waals surface area (Å²) < 4.78 is 37.2. The fourth-order valence-electron chi connectivity index (χ4n) is 5.58. The first-order valence-electron chi connectivity index (χ1n) is 14.1. The highest BCUT2D eigenvalue weighted by Gasteiger charge is 2.50. The maximum absolute atomic E-state index is 12.9. The molecule has 2 heterocycles. The second kappa shape index (κ2) is 14.0.